The van der Waals surface area contributed by atoms with Crippen LogP contribution in [0.25, 0.3) is 0 Å². The van der Waals surface area contributed by atoms with E-state index in [1.165, 1.54) is 77.7 Å². The number of carbonyl (C=O) groups excluding carboxylic acids is 2. The van der Waals surface area contributed by atoms with Crippen molar-refractivity contribution in [2.75, 3.05) is 13.7 Å². The van der Waals surface area contributed by atoms with Crippen molar-refractivity contribution < 1.29 is 14.3 Å². The topological polar surface area (TPSA) is 55.4 Å². The lowest BCUT2D eigenvalue weighted by Crippen LogP contribution is -2.23. The van der Waals surface area contributed by atoms with Gasteiger partial charge in [0, 0.05) is 19.4 Å². The van der Waals surface area contributed by atoms with Crippen molar-refractivity contribution in [3.63, 3.8) is 0 Å². The molecule has 0 aliphatic carbocycles. The zero-order chi connectivity index (χ0) is 20.7. The van der Waals surface area contributed by atoms with E-state index in [0.717, 1.165) is 38.6 Å². The van der Waals surface area contributed by atoms with E-state index in [1.54, 1.807) is 0 Å². The van der Waals surface area contributed by atoms with Crippen molar-refractivity contribution in [2.45, 2.75) is 116 Å². The van der Waals surface area contributed by atoms with Crippen molar-refractivity contribution in [2.24, 2.45) is 0 Å². The summed E-state index contributed by atoms with van der Waals surface area (Å²) in [5.74, 6) is 0.126. The molecule has 4 heteroatoms. The normalized spacial score (nSPS) is 10.6. The molecule has 1 N–H and O–H groups in total. The maximum atomic E-state index is 11.8. The van der Waals surface area contributed by atoms with Crippen molar-refractivity contribution in [3.8, 4) is 0 Å². The summed E-state index contributed by atoms with van der Waals surface area (Å²) in [4.78, 5) is 22.8. The summed E-state index contributed by atoms with van der Waals surface area (Å²) >= 11 is 0. The van der Waals surface area contributed by atoms with Gasteiger partial charge >= 0.3 is 5.97 Å². The molecule has 0 spiro atoms. The third kappa shape index (κ3) is 21.0. The molecule has 0 aliphatic rings. The fourth-order valence-electron chi connectivity index (χ4n) is 3.33. The Morgan fingerprint density at radius 3 is 1.71 bits per heavy atom. The quantitative estimate of drug-likeness (QED) is 0.137. The predicted molar refractivity (Wildman–Crippen MR) is 118 cm³/mol. The number of unbranched alkanes of at least 4 members (excludes halogenated alkanes) is 14. The van der Waals surface area contributed by atoms with E-state index in [4.69, 9.17) is 0 Å². The summed E-state index contributed by atoms with van der Waals surface area (Å²) in [5, 5.41) is 3.05. The molecule has 0 radical (unpaired) electrons. The molecule has 0 rings (SSSR count). The smallest absolute Gasteiger partial charge is 0.305 e. The number of methoxy groups -OCH3 is 1. The molecule has 0 unspecified atom stereocenters. The number of allylic oxidation sites excluding steroid dienone is 1. The highest BCUT2D eigenvalue weighted by atomic mass is 16.5. The largest absolute Gasteiger partial charge is 0.469 e. The van der Waals surface area contributed by atoms with Crippen LogP contribution in [0.4, 0.5) is 0 Å². The molecule has 0 bridgehead atoms. The SMILES string of the molecule is C=CCCCCCCCCC(=O)NCCCCCCCCCCCC(=O)OC. The van der Waals surface area contributed by atoms with E-state index < -0.39 is 0 Å². The van der Waals surface area contributed by atoms with Crippen molar-refractivity contribution in [1.29, 1.82) is 0 Å². The van der Waals surface area contributed by atoms with Crippen LogP contribution in [0.3, 0.4) is 0 Å². The monoisotopic (exact) mass is 395 g/mol. The number of esters is 1. The molecule has 4 nitrogen and oxygen atoms in total. The number of amides is 1. The summed E-state index contributed by atoms with van der Waals surface area (Å²) in [6, 6.07) is 0. The Balaban J connectivity index is 3.18. The zero-order valence-electron chi connectivity index (χ0n) is 18.4. The highest BCUT2D eigenvalue weighted by molar-refractivity contribution is 5.75. The van der Waals surface area contributed by atoms with Gasteiger partial charge in [-0.3, -0.25) is 9.59 Å². The summed E-state index contributed by atoms with van der Waals surface area (Å²) in [6.07, 6.45) is 22.2. The van der Waals surface area contributed by atoms with Crippen LogP contribution in [0, 0.1) is 0 Å². The highest BCUT2D eigenvalue weighted by Gasteiger charge is 2.01. The van der Waals surface area contributed by atoms with Crippen LogP contribution >= 0.6 is 0 Å². The van der Waals surface area contributed by atoms with Gasteiger partial charge in [-0.15, -0.1) is 6.58 Å². The third-order valence-corrected chi connectivity index (χ3v) is 5.17. The molecule has 0 aromatic carbocycles. The number of hydrogen-bond acceptors (Lipinski definition) is 3. The van der Waals surface area contributed by atoms with Crippen LogP contribution in [-0.2, 0) is 14.3 Å². The third-order valence-electron chi connectivity index (χ3n) is 5.17. The first-order valence-corrected chi connectivity index (χ1v) is 11.6. The first-order valence-electron chi connectivity index (χ1n) is 11.6. The van der Waals surface area contributed by atoms with Gasteiger partial charge in [-0.05, 0) is 32.1 Å². The van der Waals surface area contributed by atoms with Gasteiger partial charge in [-0.1, -0.05) is 76.7 Å². The molecule has 0 aliphatic heterocycles. The first-order chi connectivity index (χ1) is 13.7. The molecular weight excluding hydrogens is 350 g/mol. The molecule has 1 amide bonds. The van der Waals surface area contributed by atoms with Crippen LogP contribution in [-0.4, -0.2) is 25.5 Å². The zero-order valence-corrected chi connectivity index (χ0v) is 18.4. The van der Waals surface area contributed by atoms with Crippen molar-refractivity contribution in [1.82, 2.24) is 5.32 Å². The molecule has 164 valence electrons. The Bertz CT molecular complexity index is 382. The van der Waals surface area contributed by atoms with Gasteiger partial charge in [-0.2, -0.15) is 0 Å². The van der Waals surface area contributed by atoms with Gasteiger partial charge in [0.2, 0.25) is 5.91 Å². The van der Waals surface area contributed by atoms with Crippen LogP contribution in [0.1, 0.15) is 116 Å². The van der Waals surface area contributed by atoms with Crippen LogP contribution < -0.4 is 5.32 Å². The van der Waals surface area contributed by atoms with Gasteiger partial charge in [0.1, 0.15) is 0 Å². The van der Waals surface area contributed by atoms with Crippen molar-refractivity contribution in [3.05, 3.63) is 12.7 Å². The highest BCUT2D eigenvalue weighted by Crippen LogP contribution is 2.11. The minimum atomic E-state index is -0.0954. The summed E-state index contributed by atoms with van der Waals surface area (Å²) < 4.78 is 4.63. The second-order valence-electron chi connectivity index (χ2n) is 7.81. The van der Waals surface area contributed by atoms with E-state index in [-0.39, 0.29) is 11.9 Å². The lowest BCUT2D eigenvalue weighted by molar-refractivity contribution is -0.140. The molecule has 0 aromatic rings. The fraction of sp³-hybridized carbons (Fsp3) is 0.833. The van der Waals surface area contributed by atoms with Gasteiger partial charge in [0.25, 0.3) is 0 Å². The van der Waals surface area contributed by atoms with E-state index in [1.807, 2.05) is 6.08 Å². The van der Waals surface area contributed by atoms with Crippen LogP contribution in [0.5, 0.6) is 0 Å². The number of nitrogens with one attached hydrogen (secondary N) is 1. The second-order valence-corrected chi connectivity index (χ2v) is 7.81. The molecule has 0 atom stereocenters. The standard InChI is InChI=1S/C24H45NO3/c1-3-4-5-6-7-11-14-17-20-23(26)25-22-19-16-13-10-8-9-12-15-18-21-24(27)28-2/h3H,1,4-22H2,2H3,(H,25,26). The molecular formula is C24H45NO3. The Hall–Kier alpha value is -1.32. The fourth-order valence-corrected chi connectivity index (χ4v) is 3.33. The Morgan fingerprint density at radius 1 is 0.714 bits per heavy atom. The number of rotatable bonds is 21. The molecule has 0 saturated heterocycles. The lowest BCUT2D eigenvalue weighted by atomic mass is 10.1. The summed E-state index contributed by atoms with van der Waals surface area (Å²) in [6.45, 7) is 4.57. The number of hydrogen-bond donors (Lipinski definition) is 1. The maximum absolute atomic E-state index is 11.8. The van der Waals surface area contributed by atoms with E-state index in [2.05, 4.69) is 16.6 Å². The minimum absolute atomic E-state index is 0.0954. The van der Waals surface area contributed by atoms with Gasteiger partial charge in [-0.25, -0.2) is 0 Å². The van der Waals surface area contributed by atoms with Crippen LogP contribution in [0.15, 0.2) is 12.7 Å². The van der Waals surface area contributed by atoms with Crippen molar-refractivity contribution >= 4 is 11.9 Å². The minimum Gasteiger partial charge on any atom is -0.469 e. The van der Waals surface area contributed by atoms with E-state index in [0.29, 0.717) is 12.8 Å². The molecule has 0 fully saturated rings. The Labute approximate surface area is 173 Å². The van der Waals surface area contributed by atoms with Crippen LogP contribution in [0.2, 0.25) is 0 Å². The molecule has 0 saturated carbocycles. The summed E-state index contributed by atoms with van der Waals surface area (Å²) in [7, 11) is 1.45. The van der Waals surface area contributed by atoms with E-state index in [9.17, 15) is 9.59 Å². The predicted octanol–water partition coefficient (Wildman–Crippen LogP) is 6.48. The summed E-state index contributed by atoms with van der Waals surface area (Å²) in [5.41, 5.74) is 0. The number of carbonyl (C=O) groups is 2. The van der Waals surface area contributed by atoms with Gasteiger partial charge in [0.05, 0.1) is 7.11 Å². The molecule has 28 heavy (non-hydrogen) atoms. The van der Waals surface area contributed by atoms with Gasteiger partial charge in [0.15, 0.2) is 0 Å². The Morgan fingerprint density at radius 2 is 1.18 bits per heavy atom. The average Bonchev–Trinajstić information content (AvgIpc) is 2.70. The maximum Gasteiger partial charge on any atom is 0.305 e. The average molecular weight is 396 g/mol. The molecule has 0 aromatic heterocycles. The Kier molecular flexibility index (Phi) is 20.9. The first kappa shape index (κ1) is 26.7. The molecule has 0 heterocycles. The van der Waals surface area contributed by atoms with Gasteiger partial charge < -0.3 is 10.1 Å². The lowest BCUT2D eigenvalue weighted by Gasteiger charge is -2.06. The second kappa shape index (κ2) is 22.0. The van der Waals surface area contributed by atoms with E-state index >= 15 is 0 Å². The number of ether oxygens (including phenoxy) is 1.